The number of nitrogens with zero attached hydrogens (tertiary/aromatic N) is 3. The molecule has 1 amide bonds. The van der Waals surface area contributed by atoms with Crippen LogP contribution in [-0.4, -0.2) is 54.9 Å². The van der Waals surface area contributed by atoms with Crippen molar-refractivity contribution < 1.29 is 9.53 Å². The van der Waals surface area contributed by atoms with Crippen LogP contribution in [0.15, 0.2) is 12.1 Å². The third-order valence-corrected chi connectivity index (χ3v) is 2.44. The van der Waals surface area contributed by atoms with Gasteiger partial charge in [-0.2, -0.15) is 0 Å². The van der Waals surface area contributed by atoms with Gasteiger partial charge in [0, 0.05) is 33.9 Å². The van der Waals surface area contributed by atoms with Crippen LogP contribution in [0.25, 0.3) is 0 Å². The predicted octanol–water partition coefficient (Wildman–Crippen LogP) is 1.02. The number of aromatic nitrogens is 2. The van der Waals surface area contributed by atoms with Crippen molar-refractivity contribution in [3.8, 4) is 0 Å². The first-order valence-electron chi connectivity index (χ1n) is 5.85. The molecule has 0 radical (unpaired) electrons. The van der Waals surface area contributed by atoms with E-state index in [-0.39, 0.29) is 11.9 Å². The molecule has 1 atom stereocenters. The van der Waals surface area contributed by atoms with Crippen molar-refractivity contribution in [3.05, 3.63) is 17.8 Å². The maximum atomic E-state index is 11.6. The summed E-state index contributed by atoms with van der Waals surface area (Å²) >= 11 is 0. The maximum absolute atomic E-state index is 11.6. The lowest BCUT2D eigenvalue weighted by Crippen LogP contribution is -2.23. The molecule has 1 unspecified atom stereocenters. The Bertz CT molecular complexity index is 378. The Morgan fingerprint density at radius 3 is 2.67 bits per heavy atom. The largest absolute Gasteiger partial charge is 0.385 e. The van der Waals surface area contributed by atoms with Crippen LogP contribution in [0.2, 0.25) is 0 Å². The highest BCUT2D eigenvalue weighted by Gasteiger charge is 2.10. The molecule has 6 heteroatoms. The summed E-state index contributed by atoms with van der Waals surface area (Å²) in [6.07, 6.45) is 0.885. The number of hydrogen-bond acceptors (Lipinski definition) is 5. The lowest BCUT2D eigenvalue weighted by molar-refractivity contribution is 0.0821. The first kappa shape index (κ1) is 14.4. The second kappa shape index (κ2) is 6.90. The van der Waals surface area contributed by atoms with Crippen LogP contribution in [0.4, 0.5) is 5.82 Å². The zero-order valence-corrected chi connectivity index (χ0v) is 11.3. The molecule has 0 aliphatic heterocycles. The summed E-state index contributed by atoms with van der Waals surface area (Å²) < 4.78 is 5.00. The summed E-state index contributed by atoms with van der Waals surface area (Å²) in [5, 5.41) is 11.1. The molecule has 0 aliphatic rings. The molecular formula is C12H20N4O2. The lowest BCUT2D eigenvalue weighted by atomic mass is 10.2. The molecule has 6 nitrogen and oxygen atoms in total. The highest BCUT2D eigenvalue weighted by molar-refractivity contribution is 5.91. The molecule has 1 aromatic heterocycles. The van der Waals surface area contributed by atoms with Crippen LogP contribution in [-0.2, 0) is 4.74 Å². The van der Waals surface area contributed by atoms with Crippen LogP contribution in [0.3, 0.4) is 0 Å². The topological polar surface area (TPSA) is 67.3 Å². The zero-order chi connectivity index (χ0) is 13.5. The van der Waals surface area contributed by atoms with E-state index in [1.165, 1.54) is 4.90 Å². The van der Waals surface area contributed by atoms with Crippen LogP contribution in [0.5, 0.6) is 0 Å². The number of methoxy groups -OCH3 is 1. The van der Waals surface area contributed by atoms with E-state index in [9.17, 15) is 4.79 Å². The fourth-order valence-electron chi connectivity index (χ4n) is 1.37. The van der Waals surface area contributed by atoms with E-state index in [2.05, 4.69) is 15.5 Å². The lowest BCUT2D eigenvalue weighted by Gasteiger charge is -2.14. The number of carbonyl (C=O) groups is 1. The molecule has 100 valence electrons. The van der Waals surface area contributed by atoms with Gasteiger partial charge in [0.25, 0.3) is 5.91 Å². The van der Waals surface area contributed by atoms with Gasteiger partial charge in [-0.15, -0.1) is 10.2 Å². The molecule has 0 spiro atoms. The van der Waals surface area contributed by atoms with Crippen molar-refractivity contribution in [1.82, 2.24) is 15.1 Å². The average Bonchev–Trinajstić information content (AvgIpc) is 2.36. The summed E-state index contributed by atoms with van der Waals surface area (Å²) in [6.45, 7) is 2.73. The number of carbonyl (C=O) groups excluding carboxylic acids is 1. The standard InChI is InChI=1S/C12H20N4O2/c1-9(7-8-18-4)13-11-6-5-10(14-15-11)12(17)16(2)3/h5-6,9H,7-8H2,1-4H3,(H,13,15). The van der Waals surface area contributed by atoms with Gasteiger partial charge in [-0.3, -0.25) is 4.79 Å². The monoisotopic (exact) mass is 252 g/mol. The smallest absolute Gasteiger partial charge is 0.273 e. The van der Waals surface area contributed by atoms with E-state index < -0.39 is 0 Å². The van der Waals surface area contributed by atoms with Crippen molar-refractivity contribution in [2.24, 2.45) is 0 Å². The van der Waals surface area contributed by atoms with Gasteiger partial charge in [-0.05, 0) is 25.5 Å². The van der Waals surface area contributed by atoms with E-state index >= 15 is 0 Å². The molecule has 1 N–H and O–H groups in total. The van der Waals surface area contributed by atoms with Gasteiger partial charge >= 0.3 is 0 Å². The third kappa shape index (κ3) is 4.29. The zero-order valence-electron chi connectivity index (χ0n) is 11.3. The Morgan fingerprint density at radius 1 is 1.44 bits per heavy atom. The minimum absolute atomic E-state index is 0.151. The Labute approximate surface area is 107 Å². The Balaban J connectivity index is 2.57. The molecular weight excluding hydrogens is 232 g/mol. The van der Waals surface area contributed by atoms with Crippen molar-refractivity contribution in [3.63, 3.8) is 0 Å². The van der Waals surface area contributed by atoms with E-state index in [0.29, 0.717) is 18.1 Å². The number of amides is 1. The van der Waals surface area contributed by atoms with Crippen molar-refractivity contribution in [1.29, 1.82) is 0 Å². The van der Waals surface area contributed by atoms with Crippen LogP contribution < -0.4 is 5.32 Å². The second-order valence-electron chi connectivity index (χ2n) is 4.33. The molecule has 0 fully saturated rings. The van der Waals surface area contributed by atoms with Crippen LogP contribution in [0, 0.1) is 0 Å². The minimum Gasteiger partial charge on any atom is -0.385 e. The minimum atomic E-state index is -0.151. The van der Waals surface area contributed by atoms with E-state index in [0.717, 1.165) is 6.42 Å². The van der Waals surface area contributed by atoms with Gasteiger partial charge in [0.05, 0.1) is 0 Å². The fraction of sp³-hybridized carbons (Fsp3) is 0.583. The summed E-state index contributed by atoms with van der Waals surface area (Å²) in [5.41, 5.74) is 0.343. The first-order valence-corrected chi connectivity index (χ1v) is 5.85. The molecule has 0 bridgehead atoms. The maximum Gasteiger partial charge on any atom is 0.273 e. The molecule has 1 aromatic rings. The normalized spacial score (nSPS) is 12.0. The Morgan fingerprint density at radius 2 is 2.17 bits per heavy atom. The number of rotatable bonds is 6. The number of nitrogens with one attached hydrogen (secondary N) is 1. The van der Waals surface area contributed by atoms with Crippen molar-refractivity contribution >= 4 is 11.7 Å². The van der Waals surface area contributed by atoms with Gasteiger partial charge in [-0.1, -0.05) is 0 Å². The Hall–Kier alpha value is -1.69. The summed E-state index contributed by atoms with van der Waals surface area (Å²) in [5.74, 6) is 0.510. The molecule has 1 heterocycles. The number of ether oxygens (including phenoxy) is 1. The fourth-order valence-corrected chi connectivity index (χ4v) is 1.37. The summed E-state index contributed by atoms with van der Waals surface area (Å²) in [4.78, 5) is 13.1. The first-order chi connectivity index (χ1) is 8.54. The highest BCUT2D eigenvalue weighted by Crippen LogP contribution is 2.06. The molecule has 0 saturated heterocycles. The van der Waals surface area contributed by atoms with Gasteiger partial charge in [-0.25, -0.2) is 0 Å². The third-order valence-electron chi connectivity index (χ3n) is 2.44. The molecule has 0 saturated carbocycles. The van der Waals surface area contributed by atoms with Gasteiger partial charge in [0.1, 0.15) is 5.82 Å². The highest BCUT2D eigenvalue weighted by atomic mass is 16.5. The summed E-state index contributed by atoms with van der Waals surface area (Å²) in [6, 6.07) is 3.67. The van der Waals surface area contributed by atoms with Crippen molar-refractivity contribution in [2.75, 3.05) is 33.1 Å². The summed E-state index contributed by atoms with van der Waals surface area (Å²) in [7, 11) is 5.04. The van der Waals surface area contributed by atoms with Crippen LogP contribution in [0.1, 0.15) is 23.8 Å². The van der Waals surface area contributed by atoms with Gasteiger partial charge < -0.3 is 15.0 Å². The SMILES string of the molecule is COCCC(C)Nc1ccc(C(=O)N(C)C)nn1. The number of hydrogen-bond donors (Lipinski definition) is 1. The van der Waals surface area contributed by atoms with E-state index in [1.807, 2.05) is 6.92 Å². The van der Waals surface area contributed by atoms with Crippen LogP contribution >= 0.6 is 0 Å². The number of anilines is 1. The molecule has 18 heavy (non-hydrogen) atoms. The second-order valence-corrected chi connectivity index (χ2v) is 4.33. The average molecular weight is 252 g/mol. The van der Waals surface area contributed by atoms with Gasteiger partial charge in [0.15, 0.2) is 5.69 Å². The quantitative estimate of drug-likeness (QED) is 0.818. The van der Waals surface area contributed by atoms with E-state index in [4.69, 9.17) is 4.74 Å². The molecule has 0 aliphatic carbocycles. The predicted molar refractivity (Wildman–Crippen MR) is 69.6 cm³/mol. The molecule has 0 aromatic carbocycles. The van der Waals surface area contributed by atoms with E-state index in [1.54, 1.807) is 33.3 Å². The molecule has 1 rings (SSSR count). The Kier molecular flexibility index (Phi) is 5.51. The van der Waals surface area contributed by atoms with Crippen molar-refractivity contribution in [2.45, 2.75) is 19.4 Å². The van der Waals surface area contributed by atoms with Gasteiger partial charge in [0.2, 0.25) is 0 Å².